The highest BCUT2D eigenvalue weighted by atomic mass is 28.4. The van der Waals surface area contributed by atoms with E-state index in [1.807, 2.05) is 60.7 Å². The van der Waals surface area contributed by atoms with E-state index in [0.29, 0.717) is 42.1 Å². The monoisotopic (exact) mass is 970 g/mol. The highest BCUT2D eigenvalue weighted by Crippen LogP contribution is 2.55. The van der Waals surface area contributed by atoms with Crippen LogP contribution in [0.4, 0.5) is 0 Å². The standard InChI is InChI=1S/C63H62O6Si2/c1-62(2,3)70(45-25-11-7-12-26-45,46-27-13-8-14-28-46)67-41-54-51-39-52(55(54)42-68-71(63(4,5)6,47-29-15-9-16-30-47)48-31-17-10-18-32-48)61(66)53(51)40-58(65)69-57-38-36-44-24-20-22-34-50(44)60(57)59-49-33-21-19-23-43(49)35-37-56(59)64/h7-38,40,51-52,54-55,64H,39,41-42H2,1-6H3/b53-40-/t51-,52-,54+,55-/m0/s1. The Bertz CT molecular complexity index is 3170. The molecule has 0 radical (unpaired) electrons. The van der Waals surface area contributed by atoms with Gasteiger partial charge in [0.1, 0.15) is 11.5 Å². The van der Waals surface area contributed by atoms with Crippen molar-refractivity contribution in [2.75, 3.05) is 13.2 Å². The number of ether oxygens (including phenoxy) is 1. The number of phenols is 1. The average molecular weight is 971 g/mol. The lowest BCUT2D eigenvalue weighted by Gasteiger charge is -2.46. The highest BCUT2D eigenvalue weighted by molar-refractivity contribution is 7.00. The summed E-state index contributed by atoms with van der Waals surface area (Å²) in [6, 6.07) is 65.7. The molecule has 10 rings (SSSR count). The van der Waals surface area contributed by atoms with E-state index >= 15 is 4.79 Å². The minimum atomic E-state index is -3.02. The molecule has 6 nitrogen and oxygen atoms in total. The molecule has 0 heterocycles. The van der Waals surface area contributed by atoms with E-state index in [9.17, 15) is 9.90 Å². The van der Waals surface area contributed by atoms with Crippen LogP contribution in [0, 0.1) is 23.7 Å². The van der Waals surface area contributed by atoms with Crippen molar-refractivity contribution in [3.8, 4) is 22.6 Å². The van der Waals surface area contributed by atoms with E-state index in [1.54, 1.807) is 12.1 Å². The van der Waals surface area contributed by atoms with E-state index in [2.05, 4.69) is 163 Å². The van der Waals surface area contributed by atoms with Crippen LogP contribution in [0.2, 0.25) is 10.1 Å². The maximum atomic E-state index is 15.0. The van der Waals surface area contributed by atoms with Crippen LogP contribution in [0.3, 0.4) is 0 Å². The number of ketones is 1. The lowest BCUT2D eigenvalue weighted by Crippen LogP contribution is -2.67. The van der Waals surface area contributed by atoms with Gasteiger partial charge in [0, 0.05) is 41.9 Å². The number of esters is 1. The first kappa shape index (κ1) is 48.0. The summed E-state index contributed by atoms with van der Waals surface area (Å²) in [6.07, 6.45) is 2.04. The number of aromatic hydroxyl groups is 1. The third-order valence-electron chi connectivity index (χ3n) is 15.5. The molecule has 2 bridgehead atoms. The number of phenolic OH excluding ortho intramolecular Hbond substituents is 1. The topological polar surface area (TPSA) is 82.1 Å². The maximum absolute atomic E-state index is 15.0. The van der Waals surface area contributed by atoms with E-state index in [4.69, 9.17) is 13.6 Å². The van der Waals surface area contributed by atoms with Gasteiger partial charge in [-0.3, -0.25) is 4.79 Å². The molecule has 0 aromatic heterocycles. The Morgan fingerprint density at radius 1 is 0.521 bits per heavy atom. The zero-order valence-corrected chi connectivity index (χ0v) is 43.5. The van der Waals surface area contributed by atoms with Crippen LogP contribution < -0.4 is 25.5 Å². The summed E-state index contributed by atoms with van der Waals surface area (Å²) in [5.41, 5.74) is 1.67. The third-order valence-corrected chi connectivity index (χ3v) is 25.5. The lowest BCUT2D eigenvalue weighted by atomic mass is 9.77. The van der Waals surface area contributed by atoms with Gasteiger partial charge in [0.25, 0.3) is 16.6 Å². The van der Waals surface area contributed by atoms with Crippen LogP contribution >= 0.6 is 0 Å². The van der Waals surface area contributed by atoms with E-state index in [1.165, 1.54) is 26.8 Å². The van der Waals surface area contributed by atoms with Gasteiger partial charge >= 0.3 is 5.97 Å². The van der Waals surface area contributed by atoms with Crippen molar-refractivity contribution in [2.24, 2.45) is 23.7 Å². The second kappa shape index (κ2) is 19.1. The van der Waals surface area contributed by atoms with Crippen molar-refractivity contribution in [1.82, 2.24) is 0 Å². The summed E-state index contributed by atoms with van der Waals surface area (Å²) < 4.78 is 21.8. The number of benzene rings is 8. The Morgan fingerprint density at radius 2 is 0.915 bits per heavy atom. The largest absolute Gasteiger partial charge is 0.507 e. The summed E-state index contributed by atoms with van der Waals surface area (Å²) in [6.45, 7) is 14.4. The highest BCUT2D eigenvalue weighted by Gasteiger charge is 2.59. The van der Waals surface area contributed by atoms with Crippen LogP contribution in [-0.4, -0.2) is 46.7 Å². The molecule has 71 heavy (non-hydrogen) atoms. The Morgan fingerprint density at radius 3 is 1.37 bits per heavy atom. The second-order valence-corrected chi connectivity index (χ2v) is 30.1. The van der Waals surface area contributed by atoms with Gasteiger partial charge in [-0.05, 0) is 88.7 Å². The third kappa shape index (κ3) is 8.50. The number of Topliss-reactive ketones (excluding diaryl/α,β-unsaturated/α-hetero) is 1. The summed E-state index contributed by atoms with van der Waals surface area (Å²) in [5, 5.41) is 19.3. The van der Waals surface area contributed by atoms with Gasteiger partial charge in [0.05, 0.1) is 0 Å². The van der Waals surface area contributed by atoms with Gasteiger partial charge in [-0.2, -0.15) is 0 Å². The van der Waals surface area contributed by atoms with Gasteiger partial charge in [-0.15, -0.1) is 0 Å². The average Bonchev–Trinajstić information content (AvgIpc) is 3.89. The smallest absolute Gasteiger partial charge is 0.336 e. The number of rotatable bonds is 13. The molecule has 358 valence electrons. The molecule has 0 amide bonds. The van der Waals surface area contributed by atoms with Crippen molar-refractivity contribution in [3.63, 3.8) is 0 Å². The number of carbonyl (C=O) groups excluding carboxylic acids is 2. The normalized spacial score (nSPS) is 18.9. The number of carbonyl (C=O) groups is 2. The van der Waals surface area contributed by atoms with Crippen LogP contribution in [0.15, 0.2) is 206 Å². The summed E-state index contributed by atoms with van der Waals surface area (Å²) in [7, 11) is -6.03. The summed E-state index contributed by atoms with van der Waals surface area (Å²) in [4.78, 5) is 29.6. The SMILES string of the molecule is CC(C)(C)[Si](OC[C@@H]1[C@H](CO[Si](c2ccccc2)(c2ccccc2)C(C)(C)C)[C@H]2C[C@@H]1C(=O)/C2=C\C(=O)Oc1ccc2ccccc2c1-c1c(O)ccc2ccccc12)(c1ccccc1)c1ccccc1. The Kier molecular flexibility index (Phi) is 12.9. The molecule has 1 N–H and O–H groups in total. The Hall–Kier alpha value is -6.69. The first-order chi connectivity index (χ1) is 34.2. The van der Waals surface area contributed by atoms with Gasteiger partial charge in [0.2, 0.25) is 0 Å². The maximum Gasteiger partial charge on any atom is 0.336 e. The van der Waals surface area contributed by atoms with Gasteiger partial charge in [-0.25, -0.2) is 4.79 Å². The van der Waals surface area contributed by atoms with Crippen LogP contribution in [-0.2, 0) is 18.4 Å². The molecule has 0 saturated heterocycles. The first-order valence-corrected chi connectivity index (χ1v) is 28.7. The minimum Gasteiger partial charge on any atom is -0.507 e. The molecular weight excluding hydrogens is 909 g/mol. The quantitative estimate of drug-likeness (QED) is 0.0536. The molecule has 8 aromatic rings. The molecule has 8 heteroatoms. The Balaban J connectivity index is 1.06. The molecule has 2 aliphatic rings. The molecule has 4 atom stereocenters. The zero-order valence-electron chi connectivity index (χ0n) is 41.5. The predicted octanol–water partition coefficient (Wildman–Crippen LogP) is 11.8. The van der Waals surface area contributed by atoms with Crippen molar-refractivity contribution in [2.45, 2.75) is 58.0 Å². The molecule has 8 aromatic carbocycles. The molecule has 0 spiro atoms. The van der Waals surface area contributed by atoms with Crippen molar-refractivity contribution in [1.29, 1.82) is 0 Å². The number of fused-ring (bicyclic) bond motifs is 4. The number of hydrogen-bond donors (Lipinski definition) is 1. The van der Waals surface area contributed by atoms with E-state index < -0.39 is 22.6 Å². The molecule has 2 fully saturated rings. The van der Waals surface area contributed by atoms with Crippen molar-refractivity contribution >= 4 is 70.7 Å². The van der Waals surface area contributed by atoms with Crippen molar-refractivity contribution < 1.29 is 28.3 Å². The lowest BCUT2D eigenvalue weighted by molar-refractivity contribution is -0.129. The molecule has 0 unspecified atom stereocenters. The summed E-state index contributed by atoms with van der Waals surface area (Å²) >= 11 is 0. The molecule has 2 aliphatic carbocycles. The van der Waals surface area contributed by atoms with Crippen LogP contribution in [0.1, 0.15) is 48.0 Å². The second-order valence-electron chi connectivity index (χ2n) is 21.5. The fraction of sp³-hybridized carbons (Fsp3) is 0.238. The molecular formula is C63H62O6Si2. The minimum absolute atomic E-state index is 0.0323. The Labute approximate surface area is 420 Å². The zero-order chi connectivity index (χ0) is 49.5. The van der Waals surface area contributed by atoms with E-state index in [0.717, 1.165) is 21.5 Å². The van der Waals surface area contributed by atoms with Crippen LogP contribution in [0.5, 0.6) is 11.5 Å². The predicted molar refractivity (Wildman–Crippen MR) is 293 cm³/mol. The van der Waals surface area contributed by atoms with Gasteiger partial charge in [0.15, 0.2) is 5.78 Å². The number of hydrogen-bond acceptors (Lipinski definition) is 6. The fourth-order valence-electron chi connectivity index (χ4n) is 12.3. The first-order valence-electron chi connectivity index (χ1n) is 24.9. The molecule has 2 saturated carbocycles. The van der Waals surface area contributed by atoms with Gasteiger partial charge < -0.3 is 18.7 Å². The van der Waals surface area contributed by atoms with Crippen molar-refractivity contribution in [3.05, 3.63) is 206 Å². The number of allylic oxidation sites excluding steroid dienone is 1. The summed E-state index contributed by atoms with van der Waals surface area (Å²) in [5.74, 6) is -1.27. The van der Waals surface area contributed by atoms with Gasteiger partial charge in [-0.1, -0.05) is 224 Å². The fourth-order valence-corrected chi connectivity index (χ4v) is 21.5. The van der Waals surface area contributed by atoms with E-state index in [-0.39, 0.29) is 45.3 Å². The molecule has 0 aliphatic heterocycles. The van der Waals surface area contributed by atoms with Crippen LogP contribution in [0.25, 0.3) is 32.7 Å².